The first-order valence-electron chi connectivity index (χ1n) is 18.2. The van der Waals surface area contributed by atoms with Gasteiger partial charge < -0.3 is 8.98 Å². The van der Waals surface area contributed by atoms with E-state index in [2.05, 4.69) is 146 Å². The quantitative estimate of drug-likeness (QED) is 0.186. The molecule has 0 atom stereocenters. The van der Waals surface area contributed by atoms with Gasteiger partial charge in [0.15, 0.2) is 5.82 Å². The summed E-state index contributed by atoms with van der Waals surface area (Å²) in [5, 5.41) is 4.64. The average Bonchev–Trinajstić information content (AvgIpc) is 3.82. The van der Waals surface area contributed by atoms with Crippen molar-refractivity contribution >= 4 is 43.7 Å². The third-order valence-electron chi connectivity index (χ3n) is 11.2. The lowest BCUT2D eigenvalue weighted by atomic mass is 9.82. The van der Waals surface area contributed by atoms with Crippen molar-refractivity contribution in [3.05, 3.63) is 175 Å². The number of furan rings is 1. The Morgan fingerprint density at radius 2 is 1.17 bits per heavy atom. The molecule has 7 aromatic carbocycles. The minimum atomic E-state index is -0.0930. The van der Waals surface area contributed by atoms with Crippen molar-refractivity contribution in [3.63, 3.8) is 0 Å². The highest BCUT2D eigenvalue weighted by atomic mass is 16.3. The van der Waals surface area contributed by atoms with Crippen LogP contribution in [0.15, 0.2) is 168 Å². The van der Waals surface area contributed by atoms with Gasteiger partial charge >= 0.3 is 0 Å². The van der Waals surface area contributed by atoms with Gasteiger partial charge in [-0.1, -0.05) is 129 Å². The number of benzene rings is 7. The second-order valence-corrected chi connectivity index (χ2v) is 14.6. The molecule has 0 N–H and O–H groups in total. The van der Waals surface area contributed by atoms with E-state index in [9.17, 15) is 0 Å². The third kappa shape index (κ3) is 4.42. The van der Waals surface area contributed by atoms with E-state index in [0.717, 1.165) is 55.7 Å². The van der Waals surface area contributed by atoms with Gasteiger partial charge in [0, 0.05) is 49.3 Å². The summed E-state index contributed by atoms with van der Waals surface area (Å²) in [7, 11) is 0. The van der Waals surface area contributed by atoms with Crippen molar-refractivity contribution < 1.29 is 4.42 Å². The highest BCUT2D eigenvalue weighted by Crippen LogP contribution is 2.51. The molecule has 0 unspecified atom stereocenters. The molecule has 10 aromatic rings. The average molecular weight is 680 g/mol. The molecule has 1 aliphatic rings. The molecule has 0 radical (unpaired) electrons. The summed E-state index contributed by atoms with van der Waals surface area (Å²) in [4.78, 5) is 10.1. The minimum absolute atomic E-state index is 0.0930. The Hall–Kier alpha value is -6.78. The zero-order chi connectivity index (χ0) is 35.3. The maximum absolute atomic E-state index is 6.73. The van der Waals surface area contributed by atoms with Crippen LogP contribution in [-0.2, 0) is 5.41 Å². The van der Waals surface area contributed by atoms with Crippen LogP contribution in [0.3, 0.4) is 0 Å². The van der Waals surface area contributed by atoms with Gasteiger partial charge in [-0.25, -0.2) is 9.97 Å². The highest BCUT2D eigenvalue weighted by molar-refractivity contribution is 6.13. The van der Waals surface area contributed by atoms with Gasteiger partial charge in [-0.2, -0.15) is 0 Å². The van der Waals surface area contributed by atoms with Gasteiger partial charge in [-0.05, 0) is 70.8 Å². The molecule has 0 saturated carbocycles. The molecule has 0 fully saturated rings. The largest absolute Gasteiger partial charge is 0.455 e. The van der Waals surface area contributed by atoms with E-state index in [1.807, 2.05) is 36.4 Å². The van der Waals surface area contributed by atoms with E-state index in [4.69, 9.17) is 14.4 Å². The maximum Gasteiger partial charge on any atom is 0.160 e. The molecule has 4 nitrogen and oxygen atoms in total. The Morgan fingerprint density at radius 1 is 0.472 bits per heavy atom. The third-order valence-corrected chi connectivity index (χ3v) is 11.2. The van der Waals surface area contributed by atoms with Crippen LogP contribution in [0.2, 0.25) is 0 Å². The van der Waals surface area contributed by atoms with E-state index in [1.165, 1.54) is 44.1 Å². The molecule has 250 valence electrons. The van der Waals surface area contributed by atoms with Crippen LogP contribution < -0.4 is 0 Å². The van der Waals surface area contributed by atoms with E-state index < -0.39 is 0 Å². The van der Waals surface area contributed by atoms with Crippen LogP contribution in [0.25, 0.3) is 94.5 Å². The molecule has 3 aromatic heterocycles. The van der Waals surface area contributed by atoms with Crippen molar-refractivity contribution in [1.29, 1.82) is 0 Å². The number of rotatable bonds is 4. The van der Waals surface area contributed by atoms with Crippen molar-refractivity contribution in [3.8, 4) is 50.7 Å². The van der Waals surface area contributed by atoms with Gasteiger partial charge in [0.05, 0.1) is 22.4 Å². The van der Waals surface area contributed by atoms with Crippen LogP contribution in [0.4, 0.5) is 0 Å². The number of fused-ring (bicyclic) bond motifs is 9. The fourth-order valence-electron chi connectivity index (χ4n) is 8.63. The summed E-state index contributed by atoms with van der Waals surface area (Å²) in [5.41, 5.74) is 15.1. The van der Waals surface area contributed by atoms with Crippen LogP contribution in [-0.4, -0.2) is 14.5 Å². The predicted molar refractivity (Wildman–Crippen MR) is 218 cm³/mol. The molecule has 0 aliphatic heterocycles. The summed E-state index contributed by atoms with van der Waals surface area (Å²) >= 11 is 0. The second-order valence-electron chi connectivity index (χ2n) is 14.6. The standard InChI is InChI=1S/C49H33N3O/c1-49(2)40-22-11-9-18-33(40)37-27-38-34-19-10-12-23-44(34)52(45(38)28-41(37)49)32-24-25-46-39(26-32)35-20-13-21-36(47(35)53-46)43-29-42(30-14-5-3-6-15-30)50-48(51-43)31-16-7-4-8-17-31/h3-29H,1-2H3. The summed E-state index contributed by atoms with van der Waals surface area (Å²) in [6.07, 6.45) is 0. The summed E-state index contributed by atoms with van der Waals surface area (Å²) < 4.78 is 9.16. The zero-order valence-electron chi connectivity index (χ0n) is 29.3. The lowest BCUT2D eigenvalue weighted by molar-refractivity contribution is 0.661. The monoisotopic (exact) mass is 679 g/mol. The van der Waals surface area contributed by atoms with Gasteiger partial charge in [-0.15, -0.1) is 0 Å². The number of hydrogen-bond acceptors (Lipinski definition) is 3. The molecule has 0 spiro atoms. The second kappa shape index (κ2) is 11.1. The number of para-hydroxylation sites is 2. The van der Waals surface area contributed by atoms with Crippen molar-refractivity contribution in [2.75, 3.05) is 0 Å². The Balaban J connectivity index is 1.12. The molecule has 1 aliphatic carbocycles. The van der Waals surface area contributed by atoms with Crippen molar-refractivity contribution in [2.24, 2.45) is 0 Å². The smallest absolute Gasteiger partial charge is 0.160 e. The molecule has 4 heteroatoms. The van der Waals surface area contributed by atoms with Gasteiger partial charge in [0.1, 0.15) is 11.2 Å². The first kappa shape index (κ1) is 29.9. The van der Waals surface area contributed by atoms with E-state index in [0.29, 0.717) is 5.82 Å². The lowest BCUT2D eigenvalue weighted by Gasteiger charge is -2.21. The van der Waals surface area contributed by atoms with Crippen molar-refractivity contribution in [2.45, 2.75) is 19.3 Å². The molecular formula is C49H33N3O. The molecule has 0 saturated heterocycles. The molecule has 3 heterocycles. The first-order valence-corrected chi connectivity index (χ1v) is 18.2. The molecule has 0 amide bonds. The minimum Gasteiger partial charge on any atom is -0.455 e. The van der Waals surface area contributed by atoms with Crippen molar-refractivity contribution in [1.82, 2.24) is 14.5 Å². The molecule has 0 bridgehead atoms. The van der Waals surface area contributed by atoms with Crippen LogP contribution in [0.5, 0.6) is 0 Å². The fraction of sp³-hybridized carbons (Fsp3) is 0.0612. The van der Waals surface area contributed by atoms with Crippen LogP contribution in [0, 0.1) is 0 Å². The van der Waals surface area contributed by atoms with Crippen LogP contribution in [0.1, 0.15) is 25.0 Å². The lowest BCUT2D eigenvalue weighted by Crippen LogP contribution is -2.14. The number of hydrogen-bond donors (Lipinski definition) is 0. The Bertz CT molecular complexity index is 3020. The van der Waals surface area contributed by atoms with E-state index in [1.54, 1.807) is 0 Å². The van der Waals surface area contributed by atoms with Gasteiger partial charge in [0.25, 0.3) is 0 Å². The first-order chi connectivity index (χ1) is 26.0. The Morgan fingerprint density at radius 3 is 2.02 bits per heavy atom. The summed E-state index contributed by atoms with van der Waals surface area (Å²) in [6.45, 7) is 4.70. The summed E-state index contributed by atoms with van der Waals surface area (Å²) in [5.74, 6) is 0.682. The Labute approximate surface area is 306 Å². The number of nitrogens with zero attached hydrogens (tertiary/aromatic N) is 3. The molecule has 53 heavy (non-hydrogen) atoms. The van der Waals surface area contributed by atoms with E-state index in [-0.39, 0.29) is 5.41 Å². The summed E-state index contributed by atoms with van der Waals surface area (Å²) in [6, 6.07) is 58.0. The fourth-order valence-corrected chi connectivity index (χ4v) is 8.63. The van der Waals surface area contributed by atoms with Gasteiger partial charge in [0.2, 0.25) is 0 Å². The molecule has 11 rings (SSSR count). The topological polar surface area (TPSA) is 43.9 Å². The predicted octanol–water partition coefficient (Wildman–Crippen LogP) is 12.8. The van der Waals surface area contributed by atoms with Crippen LogP contribution >= 0.6 is 0 Å². The van der Waals surface area contributed by atoms with Gasteiger partial charge in [-0.3, -0.25) is 0 Å². The normalized spacial score (nSPS) is 13.2. The SMILES string of the molecule is CC1(C)c2ccccc2-c2cc3c4ccccc4n(-c4ccc5oc6c(-c7cc(-c8ccccc8)nc(-c8ccccc8)n7)cccc6c5c4)c3cc21. The van der Waals surface area contributed by atoms with E-state index >= 15 is 0 Å². The highest BCUT2D eigenvalue weighted by Gasteiger charge is 2.36. The molecular weight excluding hydrogens is 647 g/mol. The Kier molecular flexibility index (Phi) is 6.27. The maximum atomic E-state index is 6.73. The number of aromatic nitrogens is 3. The zero-order valence-corrected chi connectivity index (χ0v) is 29.3.